The van der Waals surface area contributed by atoms with Gasteiger partial charge in [-0.05, 0) is 24.1 Å². The maximum atomic E-state index is 12.9. The van der Waals surface area contributed by atoms with Crippen molar-refractivity contribution in [3.63, 3.8) is 0 Å². The lowest BCUT2D eigenvalue weighted by molar-refractivity contribution is -0.118. The number of nitrogens with zero attached hydrogens (tertiary/aromatic N) is 2. The minimum atomic E-state index is -0.666. The lowest BCUT2D eigenvalue weighted by Gasteiger charge is -2.17. The maximum Gasteiger partial charge on any atom is 0.315 e. The van der Waals surface area contributed by atoms with E-state index in [0.717, 1.165) is 12.0 Å². The van der Waals surface area contributed by atoms with Gasteiger partial charge in [0.25, 0.3) is 0 Å². The third-order valence-electron chi connectivity index (χ3n) is 3.53. The Morgan fingerprint density at radius 3 is 2.56 bits per heavy atom. The number of hydrogen-bond donors (Lipinski definition) is 3. The first-order chi connectivity index (χ1) is 12.0. The number of carbonyl (C=O) groups is 2. The molecule has 0 bridgehead atoms. The van der Waals surface area contributed by atoms with Gasteiger partial charge in [-0.1, -0.05) is 25.5 Å². The molecule has 1 aromatic carbocycles. The number of aryl methyl sites for hydroxylation is 1. The zero-order chi connectivity index (χ0) is 18.2. The first kappa shape index (κ1) is 18.4. The fraction of sp³-hybridized carbons (Fsp3) is 0.353. The van der Waals surface area contributed by atoms with E-state index in [4.69, 9.17) is 0 Å². The zero-order valence-corrected chi connectivity index (χ0v) is 14.3. The number of rotatable bonds is 7. The van der Waals surface area contributed by atoms with Crippen LogP contribution < -0.4 is 16.0 Å². The molecule has 0 aliphatic rings. The zero-order valence-electron chi connectivity index (χ0n) is 14.3. The van der Waals surface area contributed by atoms with Crippen LogP contribution in [-0.2, 0) is 18.4 Å². The highest BCUT2D eigenvalue weighted by Crippen LogP contribution is 2.05. The van der Waals surface area contributed by atoms with E-state index in [2.05, 4.69) is 21.0 Å². The van der Waals surface area contributed by atoms with Gasteiger partial charge in [0, 0.05) is 25.9 Å². The van der Waals surface area contributed by atoms with Crippen molar-refractivity contribution in [3.8, 4) is 0 Å². The first-order valence-corrected chi connectivity index (χ1v) is 8.07. The summed E-state index contributed by atoms with van der Waals surface area (Å²) < 4.78 is 14.4. The monoisotopic (exact) mass is 347 g/mol. The summed E-state index contributed by atoms with van der Waals surface area (Å²) in [4.78, 5) is 24.3. The molecule has 3 N–H and O–H groups in total. The van der Waals surface area contributed by atoms with E-state index in [1.54, 1.807) is 36.1 Å². The largest absolute Gasteiger partial charge is 0.334 e. The van der Waals surface area contributed by atoms with Crippen LogP contribution in [0, 0.1) is 5.82 Å². The number of anilines is 1. The summed E-state index contributed by atoms with van der Waals surface area (Å²) in [5.41, 5.74) is 0.765. The van der Waals surface area contributed by atoms with Crippen LogP contribution in [0.5, 0.6) is 0 Å². The van der Waals surface area contributed by atoms with Crippen LogP contribution in [0.1, 0.15) is 25.3 Å². The molecule has 25 heavy (non-hydrogen) atoms. The predicted octanol–water partition coefficient (Wildman–Crippen LogP) is 2.17. The molecule has 2 aromatic rings. The minimum absolute atomic E-state index is 0.243. The summed E-state index contributed by atoms with van der Waals surface area (Å²) in [6, 6.07) is 6.39. The van der Waals surface area contributed by atoms with Crippen molar-refractivity contribution in [2.24, 2.45) is 7.05 Å². The summed E-state index contributed by atoms with van der Waals surface area (Å²) in [5.74, 6) is -0.220. The fourth-order valence-corrected chi connectivity index (χ4v) is 2.25. The molecule has 8 heteroatoms. The smallest absolute Gasteiger partial charge is 0.315 e. The van der Waals surface area contributed by atoms with Crippen LogP contribution in [0.3, 0.4) is 0 Å². The highest BCUT2D eigenvalue weighted by Gasteiger charge is 2.20. The van der Waals surface area contributed by atoms with Crippen LogP contribution in [0.4, 0.5) is 15.0 Å². The number of urea groups is 1. The topological polar surface area (TPSA) is 88.0 Å². The molecule has 2 rings (SSSR count). The van der Waals surface area contributed by atoms with Gasteiger partial charge >= 0.3 is 6.03 Å². The van der Waals surface area contributed by atoms with Gasteiger partial charge in [-0.15, -0.1) is 0 Å². The Balaban J connectivity index is 1.87. The quantitative estimate of drug-likeness (QED) is 0.717. The van der Waals surface area contributed by atoms with Crippen molar-refractivity contribution in [2.45, 2.75) is 32.4 Å². The Morgan fingerprint density at radius 2 is 1.96 bits per heavy atom. The number of hydrogen-bond acceptors (Lipinski definition) is 3. The van der Waals surface area contributed by atoms with E-state index in [1.165, 1.54) is 12.1 Å². The highest BCUT2D eigenvalue weighted by molar-refractivity contribution is 5.96. The molecular formula is C17H22FN5O2. The van der Waals surface area contributed by atoms with E-state index >= 15 is 0 Å². The molecule has 0 saturated carbocycles. The van der Waals surface area contributed by atoms with Gasteiger partial charge in [0.2, 0.25) is 5.91 Å². The number of halogens is 1. The molecule has 0 aliphatic carbocycles. The Hall–Kier alpha value is -2.90. The highest BCUT2D eigenvalue weighted by atomic mass is 19.1. The van der Waals surface area contributed by atoms with E-state index in [0.29, 0.717) is 12.2 Å². The summed E-state index contributed by atoms with van der Waals surface area (Å²) in [6.45, 7) is 2.17. The minimum Gasteiger partial charge on any atom is -0.334 e. The molecule has 1 aromatic heterocycles. The molecule has 0 aliphatic heterocycles. The molecule has 0 fully saturated rings. The molecule has 134 valence electrons. The second-order valence-electron chi connectivity index (χ2n) is 5.66. The summed E-state index contributed by atoms with van der Waals surface area (Å²) in [7, 11) is 1.75. The molecular weight excluding hydrogens is 325 g/mol. The molecule has 0 unspecified atom stereocenters. The van der Waals surface area contributed by atoms with Gasteiger partial charge in [-0.25, -0.2) is 9.18 Å². The Kier molecular flexibility index (Phi) is 6.50. The predicted molar refractivity (Wildman–Crippen MR) is 92.3 cm³/mol. The lowest BCUT2D eigenvalue weighted by Crippen LogP contribution is -2.47. The molecule has 3 amide bonds. The normalized spacial score (nSPS) is 11.6. The van der Waals surface area contributed by atoms with Crippen molar-refractivity contribution >= 4 is 17.8 Å². The Bertz CT molecular complexity index is 714. The maximum absolute atomic E-state index is 12.9. The van der Waals surface area contributed by atoms with E-state index in [-0.39, 0.29) is 18.3 Å². The SMILES string of the molecule is CCC[C@H](NC(=O)NCc1ccc(F)cc1)C(=O)Nc1ccn(C)n1. The summed E-state index contributed by atoms with van der Waals surface area (Å²) >= 11 is 0. The number of amides is 3. The van der Waals surface area contributed by atoms with E-state index < -0.39 is 12.1 Å². The van der Waals surface area contributed by atoms with Gasteiger partial charge in [0.15, 0.2) is 5.82 Å². The molecule has 1 atom stereocenters. The molecule has 7 nitrogen and oxygen atoms in total. The van der Waals surface area contributed by atoms with Crippen LogP contribution in [-0.4, -0.2) is 27.8 Å². The first-order valence-electron chi connectivity index (χ1n) is 8.07. The summed E-state index contributed by atoms with van der Waals surface area (Å²) in [6.07, 6.45) is 2.95. The van der Waals surface area contributed by atoms with Gasteiger partial charge in [-0.3, -0.25) is 9.48 Å². The third-order valence-corrected chi connectivity index (χ3v) is 3.53. The van der Waals surface area contributed by atoms with Crippen LogP contribution in [0.25, 0.3) is 0 Å². The van der Waals surface area contributed by atoms with Crippen LogP contribution in [0.15, 0.2) is 36.5 Å². The van der Waals surface area contributed by atoms with E-state index in [1.807, 2.05) is 6.92 Å². The van der Waals surface area contributed by atoms with Crippen LogP contribution in [0.2, 0.25) is 0 Å². The van der Waals surface area contributed by atoms with Gasteiger partial charge in [0.05, 0.1) is 0 Å². The van der Waals surface area contributed by atoms with Crippen molar-refractivity contribution in [1.82, 2.24) is 20.4 Å². The van der Waals surface area contributed by atoms with Crippen molar-refractivity contribution < 1.29 is 14.0 Å². The number of aromatic nitrogens is 2. The molecule has 0 radical (unpaired) electrons. The van der Waals surface area contributed by atoms with Crippen molar-refractivity contribution in [2.75, 3.05) is 5.32 Å². The average molecular weight is 347 g/mol. The molecule has 1 heterocycles. The van der Waals surface area contributed by atoms with Gasteiger partial charge in [-0.2, -0.15) is 5.10 Å². The Morgan fingerprint density at radius 1 is 1.24 bits per heavy atom. The van der Waals surface area contributed by atoms with E-state index in [9.17, 15) is 14.0 Å². The van der Waals surface area contributed by atoms with Gasteiger partial charge < -0.3 is 16.0 Å². The Labute approximate surface area is 145 Å². The van der Waals surface area contributed by atoms with Crippen LogP contribution >= 0.6 is 0 Å². The third kappa shape index (κ3) is 5.91. The molecule has 0 saturated heterocycles. The van der Waals surface area contributed by atoms with Crippen molar-refractivity contribution in [1.29, 1.82) is 0 Å². The number of benzene rings is 1. The van der Waals surface area contributed by atoms with Crippen molar-refractivity contribution in [3.05, 3.63) is 47.9 Å². The second-order valence-corrected chi connectivity index (χ2v) is 5.66. The standard InChI is InChI=1S/C17H22FN5O2/c1-3-4-14(16(24)21-15-9-10-23(2)22-15)20-17(25)19-11-12-5-7-13(18)8-6-12/h5-10,14H,3-4,11H2,1-2H3,(H2,19,20,25)(H,21,22,24)/t14-/m0/s1. The molecule has 0 spiro atoms. The fourth-order valence-electron chi connectivity index (χ4n) is 2.25. The second kappa shape index (κ2) is 8.81. The average Bonchev–Trinajstić information content (AvgIpc) is 2.99. The number of nitrogens with one attached hydrogen (secondary N) is 3. The lowest BCUT2D eigenvalue weighted by atomic mass is 10.1. The van der Waals surface area contributed by atoms with Gasteiger partial charge in [0.1, 0.15) is 11.9 Å². The summed E-state index contributed by atoms with van der Waals surface area (Å²) in [5, 5.41) is 12.1. The number of carbonyl (C=O) groups excluding carboxylic acids is 2.